The Balaban J connectivity index is 1.68. The Morgan fingerprint density at radius 2 is 1.61 bits per heavy atom. The second-order valence-electron chi connectivity index (χ2n) is 7.03. The van der Waals surface area contributed by atoms with Crippen molar-refractivity contribution in [3.63, 3.8) is 0 Å². The van der Waals surface area contributed by atoms with Gasteiger partial charge in [-0.1, -0.05) is 38.5 Å². The van der Waals surface area contributed by atoms with E-state index < -0.39 is 0 Å². The maximum atomic E-state index is 6.20. The van der Waals surface area contributed by atoms with Gasteiger partial charge in [0.1, 0.15) is 0 Å². The zero-order valence-corrected chi connectivity index (χ0v) is 11.9. The average Bonchev–Trinajstić information content (AvgIpc) is 2.47. The zero-order valence-electron chi connectivity index (χ0n) is 11.9. The molecule has 0 radical (unpaired) electrons. The number of nitrogens with zero attached hydrogens (tertiary/aromatic N) is 1. The largest absolute Gasteiger partial charge is 0.329 e. The lowest BCUT2D eigenvalue weighted by Crippen LogP contribution is -2.59. The molecule has 2 N–H and O–H groups in total. The van der Waals surface area contributed by atoms with Gasteiger partial charge in [0.25, 0.3) is 0 Å². The van der Waals surface area contributed by atoms with Crippen molar-refractivity contribution in [1.82, 2.24) is 4.90 Å². The summed E-state index contributed by atoms with van der Waals surface area (Å²) in [6.45, 7) is 3.59. The third kappa shape index (κ3) is 2.34. The topological polar surface area (TPSA) is 29.3 Å². The van der Waals surface area contributed by atoms with Crippen molar-refractivity contribution < 1.29 is 0 Å². The molecule has 3 fully saturated rings. The van der Waals surface area contributed by atoms with Crippen LogP contribution in [0, 0.1) is 11.8 Å². The number of hydrogen-bond acceptors (Lipinski definition) is 2. The summed E-state index contributed by atoms with van der Waals surface area (Å²) < 4.78 is 0. The standard InChI is InChI=1S/C16H30N2/c17-13-16(9-4-1-5-10-16)18-11-8-14-6-2-3-7-15(14)12-18/h14-15H,1-13,17H2. The molecule has 2 nitrogen and oxygen atoms in total. The van der Waals surface area contributed by atoms with E-state index in [4.69, 9.17) is 5.73 Å². The molecule has 1 heterocycles. The van der Waals surface area contributed by atoms with Crippen LogP contribution < -0.4 is 5.73 Å². The van der Waals surface area contributed by atoms with Crippen LogP contribution in [0.1, 0.15) is 64.2 Å². The van der Waals surface area contributed by atoms with Gasteiger partial charge < -0.3 is 5.73 Å². The molecule has 3 rings (SSSR count). The highest BCUT2D eigenvalue weighted by Gasteiger charge is 2.41. The van der Waals surface area contributed by atoms with Gasteiger partial charge in [-0.25, -0.2) is 0 Å². The Bertz CT molecular complexity index is 270. The van der Waals surface area contributed by atoms with Crippen molar-refractivity contribution in [3.8, 4) is 0 Å². The number of rotatable bonds is 2. The molecule has 2 saturated carbocycles. The van der Waals surface area contributed by atoms with Crippen LogP contribution in [0.25, 0.3) is 0 Å². The molecule has 0 aromatic heterocycles. The lowest BCUT2D eigenvalue weighted by molar-refractivity contribution is -0.0115. The minimum absolute atomic E-state index is 0.390. The predicted molar refractivity (Wildman–Crippen MR) is 76.5 cm³/mol. The lowest BCUT2D eigenvalue weighted by atomic mass is 9.72. The molecule has 3 aliphatic rings. The fourth-order valence-corrected chi connectivity index (χ4v) is 4.89. The van der Waals surface area contributed by atoms with Crippen LogP contribution in [0.15, 0.2) is 0 Å². The Labute approximate surface area is 112 Å². The van der Waals surface area contributed by atoms with Crippen LogP contribution in [0.3, 0.4) is 0 Å². The number of hydrogen-bond donors (Lipinski definition) is 1. The summed E-state index contributed by atoms with van der Waals surface area (Å²) in [6, 6.07) is 0. The van der Waals surface area contributed by atoms with Gasteiger partial charge in [-0.15, -0.1) is 0 Å². The van der Waals surface area contributed by atoms with Gasteiger partial charge in [0.2, 0.25) is 0 Å². The molecule has 2 atom stereocenters. The molecule has 0 bridgehead atoms. The molecule has 2 unspecified atom stereocenters. The van der Waals surface area contributed by atoms with Crippen LogP contribution in [0.2, 0.25) is 0 Å². The fourth-order valence-electron chi connectivity index (χ4n) is 4.89. The number of nitrogens with two attached hydrogens (primary N) is 1. The van der Waals surface area contributed by atoms with E-state index in [0.29, 0.717) is 5.54 Å². The summed E-state index contributed by atoms with van der Waals surface area (Å²) in [5, 5.41) is 0. The minimum atomic E-state index is 0.390. The first-order valence-corrected chi connectivity index (χ1v) is 8.29. The Hall–Kier alpha value is -0.0800. The molecular weight excluding hydrogens is 220 g/mol. The van der Waals surface area contributed by atoms with Crippen LogP contribution in [0.4, 0.5) is 0 Å². The molecule has 2 heteroatoms. The number of piperidine rings is 1. The van der Waals surface area contributed by atoms with Crippen LogP contribution >= 0.6 is 0 Å². The summed E-state index contributed by atoms with van der Waals surface area (Å²) in [4.78, 5) is 2.82. The van der Waals surface area contributed by atoms with Gasteiger partial charge >= 0.3 is 0 Å². The Morgan fingerprint density at radius 3 is 2.33 bits per heavy atom. The molecule has 104 valence electrons. The quantitative estimate of drug-likeness (QED) is 0.815. The Kier molecular flexibility index (Phi) is 3.95. The van der Waals surface area contributed by atoms with Crippen molar-refractivity contribution in [2.45, 2.75) is 69.7 Å². The van der Waals surface area contributed by atoms with E-state index in [1.54, 1.807) is 0 Å². The van der Waals surface area contributed by atoms with E-state index >= 15 is 0 Å². The highest BCUT2D eigenvalue weighted by atomic mass is 15.2. The first-order chi connectivity index (χ1) is 8.84. The summed E-state index contributed by atoms with van der Waals surface area (Å²) >= 11 is 0. The maximum absolute atomic E-state index is 6.20. The number of likely N-dealkylation sites (tertiary alicyclic amines) is 1. The van der Waals surface area contributed by atoms with Gasteiger partial charge in [-0.2, -0.15) is 0 Å². The molecule has 0 amide bonds. The van der Waals surface area contributed by atoms with Gasteiger partial charge in [-0.05, 0) is 44.1 Å². The minimum Gasteiger partial charge on any atom is -0.329 e. The summed E-state index contributed by atoms with van der Waals surface area (Å²) in [5.74, 6) is 2.05. The maximum Gasteiger partial charge on any atom is 0.0331 e. The molecule has 0 spiro atoms. The van der Waals surface area contributed by atoms with E-state index in [-0.39, 0.29) is 0 Å². The third-order valence-corrected chi connectivity index (χ3v) is 6.13. The van der Waals surface area contributed by atoms with Gasteiger partial charge in [0.05, 0.1) is 0 Å². The summed E-state index contributed by atoms with van der Waals surface area (Å²) in [7, 11) is 0. The first kappa shape index (κ1) is 12.9. The summed E-state index contributed by atoms with van der Waals surface area (Å²) in [5.41, 5.74) is 6.59. The Morgan fingerprint density at radius 1 is 0.889 bits per heavy atom. The van der Waals surface area contributed by atoms with E-state index in [9.17, 15) is 0 Å². The van der Waals surface area contributed by atoms with Crippen LogP contribution in [0.5, 0.6) is 0 Å². The normalized spacial score (nSPS) is 37.2. The third-order valence-electron chi connectivity index (χ3n) is 6.13. The smallest absolute Gasteiger partial charge is 0.0331 e. The average molecular weight is 250 g/mol. The van der Waals surface area contributed by atoms with Crippen molar-refractivity contribution in [2.75, 3.05) is 19.6 Å². The van der Waals surface area contributed by atoms with E-state index in [0.717, 1.165) is 18.4 Å². The number of fused-ring (bicyclic) bond motifs is 1. The van der Waals surface area contributed by atoms with Gasteiger partial charge in [0.15, 0.2) is 0 Å². The molecule has 2 aliphatic carbocycles. The van der Waals surface area contributed by atoms with E-state index in [1.165, 1.54) is 77.3 Å². The van der Waals surface area contributed by atoms with Crippen LogP contribution in [-0.2, 0) is 0 Å². The van der Waals surface area contributed by atoms with Crippen LogP contribution in [-0.4, -0.2) is 30.1 Å². The first-order valence-electron chi connectivity index (χ1n) is 8.29. The second-order valence-corrected chi connectivity index (χ2v) is 7.03. The monoisotopic (exact) mass is 250 g/mol. The highest BCUT2D eigenvalue weighted by Crippen LogP contribution is 2.41. The molecule has 18 heavy (non-hydrogen) atoms. The molecule has 0 aromatic carbocycles. The van der Waals surface area contributed by atoms with Crippen molar-refractivity contribution in [2.24, 2.45) is 17.6 Å². The molecule has 1 aliphatic heterocycles. The predicted octanol–water partition coefficient (Wildman–Crippen LogP) is 3.16. The highest BCUT2D eigenvalue weighted by molar-refractivity contribution is 4.97. The SMILES string of the molecule is NCC1(N2CCC3CCCCC3C2)CCCCC1. The molecule has 1 saturated heterocycles. The second kappa shape index (κ2) is 5.50. The van der Waals surface area contributed by atoms with E-state index in [1.807, 2.05) is 0 Å². The van der Waals surface area contributed by atoms with E-state index in [2.05, 4.69) is 4.90 Å². The zero-order chi connectivity index (χ0) is 12.4. The molecule has 0 aromatic rings. The summed E-state index contributed by atoms with van der Waals surface area (Å²) in [6.07, 6.45) is 14.4. The van der Waals surface area contributed by atoms with Gasteiger partial charge in [0, 0.05) is 18.6 Å². The van der Waals surface area contributed by atoms with Crippen molar-refractivity contribution >= 4 is 0 Å². The van der Waals surface area contributed by atoms with Gasteiger partial charge in [-0.3, -0.25) is 4.90 Å². The van der Waals surface area contributed by atoms with Crippen molar-refractivity contribution in [3.05, 3.63) is 0 Å². The fraction of sp³-hybridized carbons (Fsp3) is 1.00. The van der Waals surface area contributed by atoms with Crippen molar-refractivity contribution in [1.29, 1.82) is 0 Å². The lowest BCUT2D eigenvalue weighted by Gasteiger charge is -2.52. The molecular formula is C16H30N2.